The van der Waals surface area contributed by atoms with Crippen molar-refractivity contribution >= 4 is 0 Å². The minimum atomic E-state index is -0.447. The van der Waals surface area contributed by atoms with Crippen molar-refractivity contribution < 1.29 is 14.9 Å². The van der Waals surface area contributed by atoms with E-state index in [1.54, 1.807) is 0 Å². The van der Waals surface area contributed by atoms with E-state index >= 15 is 0 Å². The number of aliphatic hydroxyl groups is 2. The van der Waals surface area contributed by atoms with Crippen LogP contribution in [-0.4, -0.2) is 36.6 Å². The van der Waals surface area contributed by atoms with Gasteiger partial charge in [-0.1, -0.05) is 78.1 Å². The second-order valence-electron chi connectivity index (χ2n) is 6.76. The number of ether oxygens (including phenoxy) is 1. The number of hydrogen-bond acceptors (Lipinski definition) is 3. The third-order valence-corrected chi connectivity index (χ3v) is 4.72. The first-order chi connectivity index (χ1) is 10.7. The molecule has 0 amide bonds. The molecule has 0 aromatic heterocycles. The van der Waals surface area contributed by atoms with Crippen molar-refractivity contribution in [1.29, 1.82) is 0 Å². The first kappa shape index (κ1) is 21.9. The fraction of sp³-hybridized carbons (Fsp3) is 1.00. The van der Waals surface area contributed by atoms with Gasteiger partial charge in [-0.2, -0.15) is 0 Å². The van der Waals surface area contributed by atoms with E-state index in [1.165, 1.54) is 64.2 Å². The van der Waals surface area contributed by atoms with Crippen LogP contribution < -0.4 is 0 Å². The molecule has 0 heterocycles. The van der Waals surface area contributed by atoms with Crippen LogP contribution in [-0.2, 0) is 4.74 Å². The second-order valence-corrected chi connectivity index (χ2v) is 6.76. The van der Waals surface area contributed by atoms with Crippen LogP contribution in [0.3, 0.4) is 0 Å². The van der Waals surface area contributed by atoms with E-state index in [0.29, 0.717) is 6.61 Å². The number of rotatable bonds is 17. The van der Waals surface area contributed by atoms with Gasteiger partial charge < -0.3 is 14.9 Å². The van der Waals surface area contributed by atoms with Crippen LogP contribution in [0.4, 0.5) is 0 Å². The molecular formula is C19H40O3. The summed E-state index contributed by atoms with van der Waals surface area (Å²) in [6.45, 7) is 5.46. The van der Waals surface area contributed by atoms with Crippen molar-refractivity contribution in [2.75, 3.05) is 26.4 Å². The van der Waals surface area contributed by atoms with E-state index in [1.807, 2.05) is 6.92 Å². The van der Waals surface area contributed by atoms with Gasteiger partial charge in [0.2, 0.25) is 0 Å². The van der Waals surface area contributed by atoms with E-state index in [2.05, 4.69) is 6.92 Å². The maximum Gasteiger partial charge on any atom is 0.0566 e. The molecule has 0 rings (SSSR count). The molecule has 0 saturated heterocycles. The van der Waals surface area contributed by atoms with Gasteiger partial charge in [-0.05, 0) is 12.8 Å². The minimum absolute atomic E-state index is 0.00173. The summed E-state index contributed by atoms with van der Waals surface area (Å²) in [5, 5.41) is 18.7. The fourth-order valence-corrected chi connectivity index (χ4v) is 2.62. The maximum atomic E-state index is 9.33. The van der Waals surface area contributed by atoms with Crippen LogP contribution in [0.25, 0.3) is 0 Å². The van der Waals surface area contributed by atoms with Gasteiger partial charge in [0.15, 0.2) is 0 Å². The van der Waals surface area contributed by atoms with Gasteiger partial charge in [-0.15, -0.1) is 0 Å². The van der Waals surface area contributed by atoms with Crippen molar-refractivity contribution in [1.82, 2.24) is 0 Å². The monoisotopic (exact) mass is 316 g/mol. The lowest BCUT2D eigenvalue weighted by atomic mass is 9.88. The first-order valence-electron chi connectivity index (χ1n) is 9.54. The molecule has 0 atom stereocenters. The molecule has 0 aromatic carbocycles. The molecule has 0 aromatic rings. The number of aliphatic hydroxyl groups excluding tert-OH is 2. The van der Waals surface area contributed by atoms with Crippen LogP contribution >= 0.6 is 0 Å². The highest BCUT2D eigenvalue weighted by molar-refractivity contribution is 4.75. The summed E-state index contributed by atoms with van der Waals surface area (Å²) >= 11 is 0. The van der Waals surface area contributed by atoms with E-state index in [9.17, 15) is 10.2 Å². The molecule has 0 spiro atoms. The molecular weight excluding hydrogens is 276 g/mol. The Bertz CT molecular complexity index is 206. The molecule has 0 unspecified atom stereocenters. The molecule has 2 N–H and O–H groups in total. The van der Waals surface area contributed by atoms with Crippen LogP contribution in [0.15, 0.2) is 0 Å². The van der Waals surface area contributed by atoms with Gasteiger partial charge in [-0.3, -0.25) is 0 Å². The summed E-state index contributed by atoms with van der Waals surface area (Å²) in [4.78, 5) is 0. The minimum Gasteiger partial charge on any atom is -0.396 e. The smallest absolute Gasteiger partial charge is 0.0566 e. The second kappa shape index (κ2) is 15.8. The topological polar surface area (TPSA) is 49.7 Å². The van der Waals surface area contributed by atoms with Gasteiger partial charge in [0.1, 0.15) is 0 Å². The fourth-order valence-electron chi connectivity index (χ4n) is 2.62. The summed E-state index contributed by atoms with van der Waals surface area (Å²) in [6, 6.07) is 0. The van der Waals surface area contributed by atoms with Crippen molar-refractivity contribution in [3.05, 3.63) is 0 Å². The van der Waals surface area contributed by atoms with Gasteiger partial charge in [0, 0.05) is 12.0 Å². The Morgan fingerprint density at radius 3 is 1.55 bits per heavy atom. The summed E-state index contributed by atoms with van der Waals surface area (Å²) in [5.74, 6) is 0. The number of hydrogen-bond donors (Lipinski definition) is 2. The molecule has 3 nitrogen and oxygen atoms in total. The lowest BCUT2D eigenvalue weighted by molar-refractivity contribution is -0.0306. The SMILES string of the molecule is CCCCCCCCCCCCCOCC(CC)(CO)CO. The third kappa shape index (κ3) is 11.4. The lowest BCUT2D eigenvalue weighted by Gasteiger charge is -2.27. The van der Waals surface area contributed by atoms with E-state index in [4.69, 9.17) is 4.74 Å². The van der Waals surface area contributed by atoms with E-state index in [-0.39, 0.29) is 13.2 Å². The molecule has 0 saturated carbocycles. The molecule has 0 radical (unpaired) electrons. The highest BCUT2D eigenvalue weighted by Gasteiger charge is 2.26. The average molecular weight is 317 g/mol. The first-order valence-corrected chi connectivity index (χ1v) is 9.54. The Hall–Kier alpha value is -0.120. The lowest BCUT2D eigenvalue weighted by Crippen LogP contribution is -2.34. The Balaban J connectivity index is 3.27. The van der Waals surface area contributed by atoms with Gasteiger partial charge >= 0.3 is 0 Å². The normalized spacial score (nSPS) is 12.0. The van der Waals surface area contributed by atoms with Gasteiger partial charge in [0.25, 0.3) is 0 Å². The standard InChI is InChI=1S/C19H40O3/c1-3-5-6-7-8-9-10-11-12-13-14-15-22-18-19(4-2,16-20)17-21/h20-21H,3-18H2,1-2H3. The zero-order valence-electron chi connectivity index (χ0n) is 15.1. The Kier molecular flexibility index (Phi) is 15.7. The third-order valence-electron chi connectivity index (χ3n) is 4.72. The molecule has 22 heavy (non-hydrogen) atoms. The maximum absolute atomic E-state index is 9.33. The van der Waals surface area contributed by atoms with Crippen molar-refractivity contribution in [3.8, 4) is 0 Å². The summed E-state index contributed by atoms with van der Waals surface area (Å²) < 4.78 is 5.63. The summed E-state index contributed by atoms with van der Waals surface area (Å²) in [5.41, 5.74) is -0.447. The summed E-state index contributed by atoms with van der Waals surface area (Å²) in [6.07, 6.45) is 15.4. The van der Waals surface area contributed by atoms with Crippen molar-refractivity contribution in [2.45, 2.75) is 90.9 Å². The van der Waals surface area contributed by atoms with Crippen LogP contribution in [0.2, 0.25) is 0 Å². The number of unbranched alkanes of at least 4 members (excludes halogenated alkanes) is 10. The summed E-state index contributed by atoms with van der Waals surface area (Å²) in [7, 11) is 0. The van der Waals surface area contributed by atoms with Gasteiger partial charge in [0.05, 0.1) is 19.8 Å². The van der Waals surface area contributed by atoms with Crippen LogP contribution in [0.1, 0.15) is 90.9 Å². The zero-order valence-corrected chi connectivity index (χ0v) is 15.1. The Morgan fingerprint density at radius 1 is 0.682 bits per heavy atom. The molecule has 0 aliphatic rings. The molecule has 0 bridgehead atoms. The molecule has 0 aliphatic carbocycles. The predicted octanol–water partition coefficient (Wildman–Crippen LogP) is 4.70. The highest BCUT2D eigenvalue weighted by atomic mass is 16.5. The van der Waals surface area contributed by atoms with Crippen molar-refractivity contribution in [3.63, 3.8) is 0 Å². The van der Waals surface area contributed by atoms with Crippen molar-refractivity contribution in [2.24, 2.45) is 5.41 Å². The molecule has 0 fully saturated rings. The Morgan fingerprint density at radius 2 is 1.14 bits per heavy atom. The molecule has 3 heteroatoms. The highest BCUT2D eigenvalue weighted by Crippen LogP contribution is 2.21. The van der Waals surface area contributed by atoms with Crippen LogP contribution in [0, 0.1) is 5.41 Å². The van der Waals surface area contributed by atoms with Gasteiger partial charge in [-0.25, -0.2) is 0 Å². The Labute approximate surface area is 138 Å². The molecule has 0 aliphatic heterocycles. The zero-order chi connectivity index (χ0) is 16.5. The predicted molar refractivity (Wildman–Crippen MR) is 94.2 cm³/mol. The molecule has 134 valence electrons. The largest absolute Gasteiger partial charge is 0.396 e. The quantitative estimate of drug-likeness (QED) is 0.383. The average Bonchev–Trinajstić information content (AvgIpc) is 2.56. The van der Waals surface area contributed by atoms with E-state index in [0.717, 1.165) is 19.4 Å². The van der Waals surface area contributed by atoms with E-state index < -0.39 is 5.41 Å². The van der Waals surface area contributed by atoms with Crippen LogP contribution in [0.5, 0.6) is 0 Å².